The first-order chi connectivity index (χ1) is 18.9. The Morgan fingerprint density at radius 2 is 1.72 bits per heavy atom. The normalized spacial score (nSPS) is 13.0. The maximum atomic E-state index is 13.1. The molecule has 12 nitrogen and oxygen atoms in total. The van der Waals surface area contributed by atoms with E-state index in [0.717, 1.165) is 0 Å². The number of fused-ring (bicyclic) bond motifs is 2. The lowest BCUT2D eigenvalue weighted by Crippen LogP contribution is -2.99. The Morgan fingerprint density at radius 1 is 0.974 bits per heavy atom. The van der Waals surface area contributed by atoms with Crippen molar-refractivity contribution in [3.05, 3.63) is 82.4 Å². The summed E-state index contributed by atoms with van der Waals surface area (Å²) in [5.41, 5.74) is 1.07. The molecule has 200 valence electrons. The molecule has 1 unspecified atom stereocenters. The molecular formula is C27H22N2O10. The zero-order chi connectivity index (χ0) is 27.4. The van der Waals surface area contributed by atoms with Gasteiger partial charge in [-0.25, -0.2) is 10.0 Å². The average molecular weight is 534 g/mol. The lowest BCUT2D eigenvalue weighted by molar-refractivity contribution is -0.991. The van der Waals surface area contributed by atoms with Gasteiger partial charge in [0.25, 0.3) is 5.91 Å². The minimum absolute atomic E-state index is 0.0497. The predicted molar refractivity (Wildman–Crippen MR) is 135 cm³/mol. The number of quaternary nitrogens is 1. The van der Waals surface area contributed by atoms with Crippen LogP contribution in [-0.4, -0.2) is 43.4 Å². The quantitative estimate of drug-likeness (QED) is 0.172. The summed E-state index contributed by atoms with van der Waals surface area (Å²) in [7, 11) is 0. The zero-order valence-corrected chi connectivity index (χ0v) is 20.3. The van der Waals surface area contributed by atoms with Crippen LogP contribution in [0.25, 0.3) is 22.1 Å². The van der Waals surface area contributed by atoms with Crippen LogP contribution in [0.15, 0.2) is 76.1 Å². The van der Waals surface area contributed by atoms with Crippen LogP contribution in [0.3, 0.4) is 0 Å². The van der Waals surface area contributed by atoms with Crippen LogP contribution in [0, 0.1) is 5.21 Å². The highest BCUT2D eigenvalue weighted by Gasteiger charge is 2.16. The first-order valence-corrected chi connectivity index (χ1v) is 11.8. The van der Waals surface area contributed by atoms with Crippen LogP contribution < -0.4 is 34.9 Å². The first-order valence-electron chi connectivity index (χ1n) is 11.8. The van der Waals surface area contributed by atoms with Crippen molar-refractivity contribution in [1.82, 2.24) is 5.32 Å². The van der Waals surface area contributed by atoms with Crippen LogP contribution in [0.4, 0.5) is 5.69 Å². The van der Waals surface area contributed by atoms with E-state index in [1.54, 1.807) is 24.3 Å². The molecular weight excluding hydrogens is 512 g/mol. The number of amides is 1. The summed E-state index contributed by atoms with van der Waals surface area (Å²) in [6.45, 7) is 0.0808. The SMILES string of the molecule is O=C(COc1ccc2c(=O)c(-c3ccc4c(c3)OCCO4)coc2c1)NCC(=O)Oc1ccc([NH+]([O-])O)cc1. The van der Waals surface area contributed by atoms with Gasteiger partial charge in [-0.05, 0) is 42.0 Å². The minimum Gasteiger partial charge on any atom is -0.595 e. The summed E-state index contributed by atoms with van der Waals surface area (Å²) in [6.07, 6.45) is 1.35. The zero-order valence-electron chi connectivity index (χ0n) is 20.3. The predicted octanol–water partition coefficient (Wildman–Crippen LogP) is 1.74. The molecule has 0 aliphatic carbocycles. The molecule has 0 spiro atoms. The fourth-order valence-corrected chi connectivity index (χ4v) is 3.81. The van der Waals surface area contributed by atoms with Gasteiger partial charge in [-0.1, -0.05) is 6.07 Å². The summed E-state index contributed by atoms with van der Waals surface area (Å²) in [4.78, 5) is 37.1. The Kier molecular flexibility index (Phi) is 7.41. The van der Waals surface area contributed by atoms with Crippen molar-refractivity contribution in [2.75, 3.05) is 26.4 Å². The van der Waals surface area contributed by atoms with Gasteiger partial charge in [0.05, 0.1) is 10.9 Å². The van der Waals surface area contributed by atoms with Gasteiger partial charge in [0.2, 0.25) is 0 Å². The van der Waals surface area contributed by atoms with Gasteiger partial charge in [-0.2, -0.15) is 5.23 Å². The van der Waals surface area contributed by atoms with Crippen molar-refractivity contribution in [1.29, 1.82) is 0 Å². The van der Waals surface area contributed by atoms with Crippen molar-refractivity contribution in [2.45, 2.75) is 0 Å². The van der Waals surface area contributed by atoms with Crippen LogP contribution in [0.5, 0.6) is 23.0 Å². The van der Waals surface area contributed by atoms with Gasteiger partial charge in [0.15, 0.2) is 29.2 Å². The molecule has 0 saturated carbocycles. The van der Waals surface area contributed by atoms with Gasteiger partial charge in [-0.3, -0.25) is 9.59 Å². The number of benzene rings is 3. The molecule has 5 rings (SSSR count). The van der Waals surface area contributed by atoms with Crippen molar-refractivity contribution in [3.63, 3.8) is 0 Å². The van der Waals surface area contributed by atoms with Crippen LogP contribution >= 0.6 is 0 Å². The number of hydrogen-bond donors (Lipinski definition) is 3. The number of carbonyl (C=O) groups is 2. The number of esters is 1. The second kappa shape index (κ2) is 11.2. The van der Waals surface area contributed by atoms with Gasteiger partial charge < -0.3 is 33.9 Å². The van der Waals surface area contributed by atoms with E-state index in [4.69, 9.17) is 28.6 Å². The molecule has 1 amide bonds. The molecule has 0 fully saturated rings. The smallest absolute Gasteiger partial charge is 0.330 e. The number of ether oxygens (including phenoxy) is 4. The molecule has 3 aromatic carbocycles. The van der Waals surface area contributed by atoms with E-state index in [1.165, 1.54) is 42.7 Å². The summed E-state index contributed by atoms with van der Waals surface area (Å²) < 4.78 is 27.3. The topological polar surface area (TPSA) is 161 Å². The maximum absolute atomic E-state index is 13.1. The number of nitrogens with one attached hydrogen (secondary N) is 2. The maximum Gasteiger partial charge on any atom is 0.330 e. The molecule has 0 bridgehead atoms. The van der Waals surface area contributed by atoms with Gasteiger partial charge in [0.1, 0.15) is 43.1 Å². The molecule has 1 aliphatic heterocycles. The Bertz CT molecular complexity index is 1580. The van der Waals surface area contributed by atoms with E-state index in [1.807, 2.05) is 0 Å². The summed E-state index contributed by atoms with van der Waals surface area (Å²) in [5.74, 6) is 0.281. The molecule has 4 aromatic rings. The van der Waals surface area contributed by atoms with E-state index < -0.39 is 30.3 Å². The van der Waals surface area contributed by atoms with Gasteiger partial charge in [0, 0.05) is 18.2 Å². The van der Waals surface area contributed by atoms with Crippen molar-refractivity contribution in [2.24, 2.45) is 0 Å². The Hall–Kier alpha value is -4.91. The molecule has 12 heteroatoms. The average Bonchev–Trinajstić information content (AvgIpc) is 2.95. The number of hydrogen-bond acceptors (Lipinski definition) is 10. The number of rotatable bonds is 8. The Balaban J connectivity index is 1.17. The Morgan fingerprint density at radius 3 is 2.49 bits per heavy atom. The minimum atomic E-state index is -1.10. The second-order valence-electron chi connectivity index (χ2n) is 8.36. The summed E-state index contributed by atoms with van der Waals surface area (Å²) in [6, 6.07) is 15.1. The van der Waals surface area contributed by atoms with E-state index >= 15 is 0 Å². The standard InChI is InChI=1S/C27H22N2O10/c30-25(28-13-26(31)39-18-4-2-17(3-5-18)29(33)34)15-37-19-6-7-20-23(12-19)38-14-21(27(20)32)16-1-8-22-24(11-16)36-10-9-35-22/h1-8,11-12,14,29,33H,9-10,13,15H2,(H,28,30). The summed E-state index contributed by atoms with van der Waals surface area (Å²) in [5, 5.41) is 21.4. The van der Waals surface area contributed by atoms with Crippen LogP contribution in [0.2, 0.25) is 0 Å². The van der Waals surface area contributed by atoms with Crippen molar-refractivity contribution < 1.29 is 43.4 Å². The first kappa shape index (κ1) is 25.7. The molecule has 0 saturated heterocycles. The second-order valence-corrected chi connectivity index (χ2v) is 8.36. The third kappa shape index (κ3) is 5.99. The fraction of sp³-hybridized carbons (Fsp3) is 0.148. The molecule has 1 aromatic heterocycles. The lowest BCUT2D eigenvalue weighted by Gasteiger charge is -2.18. The van der Waals surface area contributed by atoms with Gasteiger partial charge >= 0.3 is 5.97 Å². The Labute approximate surface area is 220 Å². The molecule has 1 aliphatic rings. The van der Waals surface area contributed by atoms with Crippen LogP contribution in [-0.2, 0) is 9.59 Å². The highest BCUT2D eigenvalue weighted by molar-refractivity contribution is 5.85. The third-order valence-electron chi connectivity index (χ3n) is 5.73. The monoisotopic (exact) mass is 534 g/mol. The largest absolute Gasteiger partial charge is 0.595 e. The van der Waals surface area contributed by atoms with E-state index in [2.05, 4.69) is 5.32 Å². The van der Waals surface area contributed by atoms with E-state index in [9.17, 15) is 19.6 Å². The van der Waals surface area contributed by atoms with Crippen LogP contribution in [0.1, 0.15) is 0 Å². The van der Waals surface area contributed by atoms with E-state index in [-0.39, 0.29) is 28.2 Å². The number of carbonyl (C=O) groups excluding carboxylic acids is 2. The summed E-state index contributed by atoms with van der Waals surface area (Å²) >= 11 is 0. The van der Waals surface area contributed by atoms with E-state index in [0.29, 0.717) is 41.2 Å². The highest BCUT2D eigenvalue weighted by atomic mass is 16.8. The highest BCUT2D eigenvalue weighted by Crippen LogP contribution is 2.34. The van der Waals surface area contributed by atoms with Crippen molar-refractivity contribution >= 4 is 28.5 Å². The molecule has 39 heavy (non-hydrogen) atoms. The molecule has 3 N–H and O–H groups in total. The molecule has 2 heterocycles. The van der Waals surface area contributed by atoms with Gasteiger partial charge in [-0.15, -0.1) is 0 Å². The molecule has 0 radical (unpaired) electrons. The lowest BCUT2D eigenvalue weighted by atomic mass is 10.0. The third-order valence-corrected chi connectivity index (χ3v) is 5.73. The van der Waals surface area contributed by atoms with Crippen molar-refractivity contribution in [3.8, 4) is 34.1 Å². The fourth-order valence-electron chi connectivity index (χ4n) is 3.81. The molecule has 1 atom stereocenters.